The number of ether oxygens (including phenoxy) is 1. The number of rotatable bonds is 10. The molecule has 0 radical (unpaired) electrons. The SMILES string of the molecule is Cc1c(N2CCN(Cc3cccc(C(=O)O)c3)CC2)c(=O)n(C[C@@H](NC(=O)OC(C)(C)C)c2ccccc2)c(=O)n1Cc1c(F)cccc1C(F)(F)F. The lowest BCUT2D eigenvalue weighted by atomic mass is 10.1. The molecule has 1 aliphatic heterocycles. The largest absolute Gasteiger partial charge is 0.478 e. The van der Waals surface area contributed by atoms with Gasteiger partial charge in [0.15, 0.2) is 0 Å². The van der Waals surface area contributed by atoms with Crippen molar-refractivity contribution in [3.8, 4) is 0 Å². The highest BCUT2D eigenvalue weighted by Crippen LogP contribution is 2.34. The standard InChI is InChI=1S/C38H41F4N5O6/c1-24-32(45-18-16-44(17-19-45)21-25-10-8-13-27(20-25)34(49)50)33(48)47(23-31(26-11-6-5-7-12-26)43-35(51)53-37(2,3)4)36(52)46(24)22-28-29(38(40,41)42)14-9-15-30(28)39/h5-15,20,31H,16-19,21-23H2,1-4H3,(H,43,51)(H,49,50)/t31-/m1/s1. The zero-order valence-electron chi connectivity index (χ0n) is 29.7. The molecule has 1 saturated heterocycles. The van der Waals surface area contributed by atoms with Crippen molar-refractivity contribution in [1.29, 1.82) is 0 Å². The van der Waals surface area contributed by atoms with Gasteiger partial charge in [0.25, 0.3) is 5.56 Å². The second-order valence-electron chi connectivity index (χ2n) is 13.9. The molecule has 282 valence electrons. The number of alkyl carbamates (subject to hydrolysis) is 1. The van der Waals surface area contributed by atoms with Crippen LogP contribution in [0.15, 0.2) is 82.4 Å². The smallest absolute Gasteiger partial charge is 0.416 e. The van der Waals surface area contributed by atoms with E-state index in [0.29, 0.717) is 25.2 Å². The van der Waals surface area contributed by atoms with Crippen LogP contribution >= 0.6 is 0 Å². The number of halogens is 4. The summed E-state index contributed by atoms with van der Waals surface area (Å²) in [5, 5.41) is 12.1. The minimum atomic E-state index is -4.93. The van der Waals surface area contributed by atoms with Gasteiger partial charge in [-0.25, -0.2) is 18.8 Å². The number of amides is 1. The Hall–Kier alpha value is -5.44. The van der Waals surface area contributed by atoms with Crippen LogP contribution in [-0.2, 0) is 30.5 Å². The second kappa shape index (κ2) is 15.7. The molecule has 11 nitrogen and oxygen atoms in total. The molecule has 1 aromatic heterocycles. The van der Waals surface area contributed by atoms with Crippen LogP contribution in [0.5, 0.6) is 0 Å². The van der Waals surface area contributed by atoms with Crippen LogP contribution in [0, 0.1) is 12.7 Å². The first-order valence-corrected chi connectivity index (χ1v) is 17.0. The summed E-state index contributed by atoms with van der Waals surface area (Å²) in [6.45, 7) is 7.04. The monoisotopic (exact) mass is 739 g/mol. The van der Waals surface area contributed by atoms with Gasteiger partial charge in [-0.3, -0.25) is 18.8 Å². The van der Waals surface area contributed by atoms with Gasteiger partial charge in [0, 0.05) is 44.0 Å². The van der Waals surface area contributed by atoms with Gasteiger partial charge in [-0.15, -0.1) is 0 Å². The number of aromatic nitrogens is 2. The van der Waals surface area contributed by atoms with Crippen molar-refractivity contribution in [3.05, 3.63) is 133 Å². The quantitative estimate of drug-likeness (QED) is 0.195. The predicted octanol–water partition coefficient (Wildman–Crippen LogP) is 5.81. The number of hydrogen-bond donors (Lipinski definition) is 2. The number of benzene rings is 3. The molecular weight excluding hydrogens is 698 g/mol. The first-order valence-electron chi connectivity index (χ1n) is 17.0. The van der Waals surface area contributed by atoms with Gasteiger partial charge >= 0.3 is 23.9 Å². The average molecular weight is 740 g/mol. The van der Waals surface area contributed by atoms with Gasteiger partial charge in [0.2, 0.25) is 0 Å². The summed E-state index contributed by atoms with van der Waals surface area (Å²) >= 11 is 0. The summed E-state index contributed by atoms with van der Waals surface area (Å²) in [7, 11) is 0. The molecule has 2 N–H and O–H groups in total. The fraction of sp³-hybridized carbons (Fsp3) is 0.368. The highest BCUT2D eigenvalue weighted by molar-refractivity contribution is 5.87. The number of alkyl halides is 3. The summed E-state index contributed by atoms with van der Waals surface area (Å²) in [6, 6.07) is 16.6. The number of hydrogen-bond acceptors (Lipinski definition) is 7. The van der Waals surface area contributed by atoms with Crippen LogP contribution < -0.4 is 21.5 Å². The van der Waals surface area contributed by atoms with E-state index in [0.717, 1.165) is 32.9 Å². The molecule has 0 bridgehead atoms. The van der Waals surface area contributed by atoms with Crippen molar-refractivity contribution in [2.45, 2.75) is 65.1 Å². The Kier molecular flexibility index (Phi) is 11.5. The topological polar surface area (TPSA) is 126 Å². The Morgan fingerprint density at radius 2 is 1.55 bits per heavy atom. The maximum Gasteiger partial charge on any atom is 0.416 e. The maximum absolute atomic E-state index is 15.2. The lowest BCUT2D eigenvalue weighted by Gasteiger charge is -2.37. The Morgan fingerprint density at radius 1 is 0.887 bits per heavy atom. The van der Waals surface area contributed by atoms with Crippen LogP contribution in [0.1, 0.15) is 65.1 Å². The van der Waals surface area contributed by atoms with Crippen molar-refractivity contribution in [2.75, 3.05) is 31.1 Å². The molecule has 15 heteroatoms. The first-order chi connectivity index (χ1) is 24.9. The molecule has 1 aliphatic rings. The number of carboxylic acid groups (broad SMARTS) is 1. The molecular formula is C38H41F4N5O6. The predicted molar refractivity (Wildman–Crippen MR) is 190 cm³/mol. The first kappa shape index (κ1) is 38.8. The van der Waals surface area contributed by atoms with E-state index in [1.54, 1.807) is 68.1 Å². The van der Waals surface area contributed by atoms with E-state index in [1.165, 1.54) is 13.0 Å². The number of anilines is 1. The lowest BCUT2D eigenvalue weighted by Crippen LogP contribution is -2.51. The van der Waals surface area contributed by atoms with Gasteiger partial charge in [-0.2, -0.15) is 13.2 Å². The van der Waals surface area contributed by atoms with E-state index < -0.39 is 71.2 Å². The van der Waals surface area contributed by atoms with E-state index in [-0.39, 0.29) is 30.0 Å². The fourth-order valence-electron chi connectivity index (χ4n) is 6.38. The van der Waals surface area contributed by atoms with Crippen LogP contribution in [0.2, 0.25) is 0 Å². The average Bonchev–Trinajstić information content (AvgIpc) is 3.08. The Morgan fingerprint density at radius 3 is 2.17 bits per heavy atom. The van der Waals surface area contributed by atoms with Crippen molar-refractivity contribution >= 4 is 17.7 Å². The van der Waals surface area contributed by atoms with Crippen LogP contribution in [0.3, 0.4) is 0 Å². The summed E-state index contributed by atoms with van der Waals surface area (Å²) in [5.74, 6) is -2.22. The number of nitrogens with zero attached hydrogens (tertiary/aromatic N) is 4. The number of nitrogens with one attached hydrogen (secondary N) is 1. The molecule has 0 aliphatic carbocycles. The minimum Gasteiger partial charge on any atom is -0.478 e. The van der Waals surface area contributed by atoms with Crippen molar-refractivity contribution in [1.82, 2.24) is 19.4 Å². The van der Waals surface area contributed by atoms with E-state index >= 15 is 4.39 Å². The van der Waals surface area contributed by atoms with Gasteiger partial charge in [0.1, 0.15) is 17.1 Å². The summed E-state index contributed by atoms with van der Waals surface area (Å²) in [5.41, 5.74) is -3.07. The van der Waals surface area contributed by atoms with Crippen LogP contribution in [-0.4, -0.2) is 63.0 Å². The van der Waals surface area contributed by atoms with Gasteiger partial charge in [0.05, 0.1) is 30.3 Å². The van der Waals surface area contributed by atoms with E-state index in [1.807, 2.05) is 6.07 Å². The van der Waals surface area contributed by atoms with Crippen LogP contribution in [0.25, 0.3) is 0 Å². The zero-order valence-corrected chi connectivity index (χ0v) is 29.7. The summed E-state index contributed by atoms with van der Waals surface area (Å²) in [6.07, 6.45) is -5.75. The van der Waals surface area contributed by atoms with Crippen molar-refractivity contribution in [3.63, 3.8) is 0 Å². The number of carboxylic acids is 1. The third-order valence-electron chi connectivity index (χ3n) is 8.92. The van der Waals surface area contributed by atoms with E-state index in [4.69, 9.17) is 4.74 Å². The Balaban J connectivity index is 1.57. The third-order valence-corrected chi connectivity index (χ3v) is 8.92. The molecule has 5 rings (SSSR count). The lowest BCUT2D eigenvalue weighted by molar-refractivity contribution is -0.138. The number of piperazine rings is 1. The number of carbonyl (C=O) groups is 2. The summed E-state index contributed by atoms with van der Waals surface area (Å²) in [4.78, 5) is 56.9. The van der Waals surface area contributed by atoms with E-state index in [9.17, 15) is 37.5 Å². The van der Waals surface area contributed by atoms with Crippen LogP contribution in [0.4, 0.5) is 28.0 Å². The normalized spacial score (nSPS) is 14.5. The molecule has 1 atom stereocenters. The Bertz CT molecular complexity index is 2080. The van der Waals surface area contributed by atoms with Gasteiger partial charge < -0.3 is 20.1 Å². The van der Waals surface area contributed by atoms with Gasteiger partial charge in [-0.1, -0.05) is 48.5 Å². The molecule has 53 heavy (non-hydrogen) atoms. The zero-order chi connectivity index (χ0) is 38.7. The fourth-order valence-corrected chi connectivity index (χ4v) is 6.38. The Labute approximate surface area is 303 Å². The number of aromatic carboxylic acids is 1. The highest BCUT2D eigenvalue weighted by atomic mass is 19.4. The second-order valence-corrected chi connectivity index (χ2v) is 13.9. The molecule has 4 aromatic rings. The molecule has 0 unspecified atom stereocenters. The van der Waals surface area contributed by atoms with Gasteiger partial charge in [-0.05, 0) is 63.1 Å². The molecule has 0 saturated carbocycles. The number of carbonyl (C=O) groups excluding carboxylic acids is 1. The van der Waals surface area contributed by atoms with Crippen molar-refractivity contribution < 1.29 is 37.0 Å². The molecule has 3 aromatic carbocycles. The van der Waals surface area contributed by atoms with Crippen molar-refractivity contribution in [2.24, 2.45) is 0 Å². The molecule has 1 fully saturated rings. The molecule has 0 spiro atoms. The summed E-state index contributed by atoms with van der Waals surface area (Å²) < 4.78 is 64.7. The molecule has 1 amide bonds. The third kappa shape index (κ3) is 9.33. The highest BCUT2D eigenvalue weighted by Gasteiger charge is 2.35. The van der Waals surface area contributed by atoms with E-state index in [2.05, 4.69) is 10.2 Å². The maximum atomic E-state index is 15.2. The minimum absolute atomic E-state index is 0.0473. The molecule has 2 heterocycles.